The van der Waals surface area contributed by atoms with Gasteiger partial charge in [-0.05, 0) is 46.2 Å². The number of hydrogen-bond acceptors (Lipinski definition) is 3. The van der Waals surface area contributed by atoms with Gasteiger partial charge in [0.05, 0.1) is 6.20 Å². The number of aromatic nitrogens is 2. The maximum absolute atomic E-state index is 12.0. The lowest BCUT2D eigenvalue weighted by Crippen LogP contribution is -2.27. The summed E-state index contributed by atoms with van der Waals surface area (Å²) < 4.78 is 16.7. The molecule has 0 fully saturated rings. The second-order valence-electron chi connectivity index (χ2n) is 6.56. The van der Waals surface area contributed by atoms with Crippen LogP contribution in [0.25, 0.3) is 22.8 Å². The Morgan fingerprint density at radius 3 is 2.46 bits per heavy atom. The maximum atomic E-state index is 12.0. The molecule has 6 heteroatoms. The van der Waals surface area contributed by atoms with E-state index in [1.807, 2.05) is 56.7 Å². The number of allylic oxidation sites excluding steroid dienone is 1. The van der Waals surface area contributed by atoms with Crippen LogP contribution < -0.4 is 15.2 Å². The van der Waals surface area contributed by atoms with Crippen molar-refractivity contribution in [3.63, 3.8) is 0 Å². The summed E-state index contributed by atoms with van der Waals surface area (Å²) in [5.41, 5.74) is 4.97. The molecule has 1 unspecified atom stereocenters. The van der Waals surface area contributed by atoms with E-state index in [2.05, 4.69) is 40.7 Å². The number of anilines is 1. The molecule has 4 nitrogen and oxygen atoms in total. The second-order valence-corrected chi connectivity index (χ2v) is 10.2. The Labute approximate surface area is 170 Å². The average Bonchev–Trinajstić information content (AvgIpc) is 3.08. The van der Waals surface area contributed by atoms with Crippen LogP contribution in [-0.2, 0) is 26.9 Å². The number of benzene rings is 2. The molecule has 0 aliphatic heterocycles. The van der Waals surface area contributed by atoms with Crippen LogP contribution in [-0.4, -0.2) is 20.2 Å². The summed E-state index contributed by atoms with van der Waals surface area (Å²) in [7, 11) is -0.609. The zero-order chi connectivity index (χ0) is 20.3. The van der Waals surface area contributed by atoms with Gasteiger partial charge in [-0.2, -0.15) is 5.10 Å². The first-order valence-electron chi connectivity index (χ1n) is 8.81. The van der Waals surface area contributed by atoms with Gasteiger partial charge in [-0.1, -0.05) is 49.1 Å². The molecule has 0 spiro atoms. The molecule has 0 amide bonds. The normalized spacial score (nSPS) is 15.0. The largest absolute Gasteiger partial charge is 0.305 e. The van der Waals surface area contributed by atoms with Crippen molar-refractivity contribution in [2.45, 2.75) is 6.92 Å². The molecule has 28 heavy (non-hydrogen) atoms. The van der Waals surface area contributed by atoms with Crippen molar-refractivity contribution in [1.29, 1.82) is 0 Å². The standard InChI is InChI=1S/C22H23N3OS2/c1-5-16-11-12-20(24-28(4,26)27)13-22(16)21(6-2)18-9-7-17(8-10-18)19-14-23-25(3)15-19/h5-15,24H,2H2,1,3-4H3/b16-5-,22-21+. The molecule has 1 heterocycles. The molecule has 0 saturated heterocycles. The minimum Gasteiger partial charge on any atom is -0.305 e. The van der Waals surface area contributed by atoms with Gasteiger partial charge in [-0.3, -0.25) is 4.68 Å². The molecule has 1 atom stereocenters. The van der Waals surface area contributed by atoms with Crippen LogP contribution in [0.1, 0.15) is 12.5 Å². The number of aryl methyl sites for hydroxylation is 1. The molecule has 0 aliphatic carbocycles. The van der Waals surface area contributed by atoms with Gasteiger partial charge in [0.1, 0.15) is 8.68 Å². The molecule has 0 bridgehead atoms. The summed E-state index contributed by atoms with van der Waals surface area (Å²) >= 11 is 5.00. The van der Waals surface area contributed by atoms with Crippen molar-refractivity contribution >= 4 is 37.2 Å². The highest BCUT2D eigenvalue weighted by atomic mass is 32.8. The van der Waals surface area contributed by atoms with Crippen molar-refractivity contribution in [2.24, 2.45) is 7.05 Å². The first-order chi connectivity index (χ1) is 13.3. The lowest BCUT2D eigenvalue weighted by molar-refractivity contribution is 0.688. The van der Waals surface area contributed by atoms with E-state index in [0.29, 0.717) is 0 Å². The highest BCUT2D eigenvalue weighted by Crippen LogP contribution is 2.21. The van der Waals surface area contributed by atoms with E-state index >= 15 is 0 Å². The molecule has 1 N–H and O–H groups in total. The number of nitrogens with one attached hydrogen (secondary N) is 1. The molecule has 3 rings (SSSR count). The molecule has 0 radical (unpaired) electrons. The maximum Gasteiger partial charge on any atom is 0.108 e. The first kappa shape index (κ1) is 20.0. The Kier molecular flexibility index (Phi) is 5.82. The minimum atomic E-state index is -2.51. The summed E-state index contributed by atoms with van der Waals surface area (Å²) in [4.78, 5) is 0. The Bertz CT molecular complexity index is 1240. The van der Waals surface area contributed by atoms with Gasteiger partial charge in [0.15, 0.2) is 0 Å². The van der Waals surface area contributed by atoms with E-state index in [1.54, 1.807) is 4.68 Å². The Hall–Kier alpha value is -2.70. The van der Waals surface area contributed by atoms with E-state index in [1.165, 1.54) is 6.26 Å². The van der Waals surface area contributed by atoms with Gasteiger partial charge in [-0.25, -0.2) is 4.21 Å². The van der Waals surface area contributed by atoms with Crippen molar-refractivity contribution in [2.75, 3.05) is 11.0 Å². The Morgan fingerprint density at radius 2 is 1.93 bits per heavy atom. The smallest absolute Gasteiger partial charge is 0.108 e. The summed E-state index contributed by atoms with van der Waals surface area (Å²) in [6.45, 7) is 6.01. The van der Waals surface area contributed by atoms with Crippen molar-refractivity contribution in [3.8, 4) is 11.1 Å². The fraction of sp³-hybridized carbons (Fsp3) is 0.136. The van der Waals surface area contributed by atoms with E-state index in [9.17, 15) is 4.21 Å². The molecular weight excluding hydrogens is 386 g/mol. The third-order valence-corrected chi connectivity index (χ3v) is 5.25. The van der Waals surface area contributed by atoms with E-state index in [4.69, 9.17) is 11.2 Å². The number of hydrogen-bond donors (Lipinski definition) is 1. The lowest BCUT2D eigenvalue weighted by Gasteiger charge is -2.09. The van der Waals surface area contributed by atoms with Crippen LogP contribution in [0.4, 0.5) is 5.69 Å². The topological polar surface area (TPSA) is 46.9 Å². The molecule has 0 aliphatic rings. The Morgan fingerprint density at radius 1 is 1.21 bits per heavy atom. The van der Waals surface area contributed by atoms with Crippen LogP contribution in [0.3, 0.4) is 0 Å². The van der Waals surface area contributed by atoms with Crippen LogP contribution in [0.5, 0.6) is 0 Å². The predicted molar refractivity (Wildman–Crippen MR) is 122 cm³/mol. The van der Waals surface area contributed by atoms with Crippen LogP contribution in [0, 0.1) is 0 Å². The van der Waals surface area contributed by atoms with E-state index < -0.39 is 8.68 Å². The van der Waals surface area contributed by atoms with Gasteiger partial charge >= 0.3 is 0 Å². The zero-order valence-electron chi connectivity index (χ0n) is 16.2. The summed E-state index contributed by atoms with van der Waals surface area (Å²) in [6.07, 6.45) is 9.25. The van der Waals surface area contributed by atoms with Crippen LogP contribution in [0.15, 0.2) is 67.5 Å². The monoisotopic (exact) mass is 409 g/mol. The Balaban J connectivity index is 2.14. The highest BCUT2D eigenvalue weighted by Gasteiger charge is 2.05. The van der Waals surface area contributed by atoms with Crippen molar-refractivity contribution < 1.29 is 4.21 Å². The minimum absolute atomic E-state index is 0.731. The summed E-state index contributed by atoms with van der Waals surface area (Å²) in [5, 5.41) is 6.31. The molecule has 1 aromatic heterocycles. The van der Waals surface area contributed by atoms with Gasteiger partial charge in [0.2, 0.25) is 0 Å². The van der Waals surface area contributed by atoms with Gasteiger partial charge < -0.3 is 4.72 Å². The fourth-order valence-electron chi connectivity index (χ4n) is 3.11. The van der Waals surface area contributed by atoms with E-state index in [-0.39, 0.29) is 0 Å². The molecule has 144 valence electrons. The number of nitrogens with zero attached hydrogens (tertiary/aromatic N) is 2. The summed E-state index contributed by atoms with van der Waals surface area (Å²) in [6, 6.07) is 14.2. The van der Waals surface area contributed by atoms with E-state index in [0.717, 1.165) is 38.4 Å². The molecule has 2 aromatic carbocycles. The fourth-order valence-corrected chi connectivity index (χ4v) is 3.96. The summed E-state index contributed by atoms with van der Waals surface area (Å²) in [5.74, 6) is 0. The first-order valence-corrected chi connectivity index (χ1v) is 11.7. The third kappa shape index (κ3) is 4.58. The van der Waals surface area contributed by atoms with Gasteiger partial charge in [-0.15, -0.1) is 0 Å². The molecular formula is C22H23N3OS2. The lowest BCUT2D eigenvalue weighted by atomic mass is 9.99. The number of rotatable bonds is 5. The molecule has 0 saturated carbocycles. The zero-order valence-corrected chi connectivity index (χ0v) is 17.8. The third-order valence-electron chi connectivity index (χ3n) is 4.40. The quantitative estimate of drug-likeness (QED) is 0.705. The van der Waals surface area contributed by atoms with Crippen LogP contribution in [0.2, 0.25) is 0 Å². The average molecular weight is 410 g/mol. The van der Waals surface area contributed by atoms with Crippen LogP contribution >= 0.6 is 0 Å². The van der Waals surface area contributed by atoms with Crippen molar-refractivity contribution in [1.82, 2.24) is 9.78 Å². The SMILES string of the molecule is C=C/C(c1ccc(-c2cnn(C)c2)cc1)=c1/cc(NS(C)(=O)=S)cc/c1=C/C. The highest BCUT2D eigenvalue weighted by molar-refractivity contribution is 8.33. The second kappa shape index (κ2) is 8.12. The van der Waals surface area contributed by atoms with Crippen molar-refractivity contribution in [3.05, 3.63) is 83.5 Å². The van der Waals surface area contributed by atoms with Gasteiger partial charge in [0.25, 0.3) is 0 Å². The molecule has 3 aromatic rings. The van der Waals surface area contributed by atoms with Gasteiger partial charge in [0, 0.05) is 41.9 Å². The predicted octanol–water partition coefficient (Wildman–Crippen LogP) is 2.98.